The first-order chi connectivity index (χ1) is 5.33. The van der Waals surface area contributed by atoms with Gasteiger partial charge in [0, 0.05) is 13.1 Å². The molecule has 1 unspecified atom stereocenters. The highest BCUT2D eigenvalue weighted by Gasteiger charge is 2.04. The predicted molar refractivity (Wildman–Crippen MR) is 47.8 cm³/mol. The predicted octanol–water partition coefficient (Wildman–Crippen LogP) is 0.581. The van der Waals surface area contributed by atoms with Crippen LogP contribution in [0.3, 0.4) is 0 Å². The van der Waals surface area contributed by atoms with Gasteiger partial charge in [-0.25, -0.2) is 0 Å². The van der Waals surface area contributed by atoms with Crippen LogP contribution in [-0.2, 0) is 0 Å². The highest BCUT2D eigenvalue weighted by Crippen LogP contribution is 1.97. The van der Waals surface area contributed by atoms with Gasteiger partial charge in [-0.1, -0.05) is 20.3 Å². The molecule has 1 aliphatic heterocycles. The minimum atomic E-state index is 0.736. The van der Waals surface area contributed by atoms with Crippen molar-refractivity contribution in [3.05, 3.63) is 0 Å². The second-order valence-corrected chi connectivity index (χ2v) is 3.05. The molecule has 1 heterocycles. The fourth-order valence-electron chi connectivity index (χ4n) is 0.932. The maximum absolute atomic E-state index is 4.24. The monoisotopic (exact) mass is 155 g/mol. The number of rotatable bonds is 3. The average Bonchev–Trinajstić information content (AvgIpc) is 2.52. The van der Waals surface area contributed by atoms with Crippen molar-refractivity contribution < 1.29 is 0 Å². The van der Waals surface area contributed by atoms with Crippen molar-refractivity contribution in [1.29, 1.82) is 0 Å². The maximum atomic E-state index is 4.24. The second-order valence-electron chi connectivity index (χ2n) is 3.05. The van der Waals surface area contributed by atoms with Gasteiger partial charge in [-0.15, -0.1) is 0 Å². The molecule has 0 bridgehead atoms. The van der Waals surface area contributed by atoms with Crippen LogP contribution >= 0.6 is 0 Å². The Hall–Kier alpha value is -0.730. The summed E-state index contributed by atoms with van der Waals surface area (Å²) < 4.78 is 0. The first-order valence-corrected chi connectivity index (χ1v) is 4.35. The Bertz CT molecular complexity index is 142. The molecule has 0 aromatic heterocycles. The molecule has 0 fully saturated rings. The minimum absolute atomic E-state index is 0.736. The van der Waals surface area contributed by atoms with E-state index in [1.54, 1.807) is 0 Å². The molecule has 0 aromatic rings. The Morgan fingerprint density at radius 2 is 2.55 bits per heavy atom. The molecule has 3 nitrogen and oxygen atoms in total. The Morgan fingerprint density at radius 3 is 3.09 bits per heavy atom. The van der Waals surface area contributed by atoms with E-state index in [2.05, 4.69) is 29.5 Å². The molecule has 2 N–H and O–H groups in total. The van der Waals surface area contributed by atoms with Gasteiger partial charge in [0.25, 0.3) is 0 Å². The SMILES string of the molecule is CCC(C)CNC1=NCCN1. The van der Waals surface area contributed by atoms with E-state index in [1.165, 1.54) is 6.42 Å². The molecule has 1 atom stereocenters. The summed E-state index contributed by atoms with van der Waals surface area (Å²) >= 11 is 0. The van der Waals surface area contributed by atoms with Gasteiger partial charge in [0.15, 0.2) is 5.96 Å². The van der Waals surface area contributed by atoms with Crippen LogP contribution in [0.25, 0.3) is 0 Å². The largest absolute Gasteiger partial charge is 0.356 e. The summed E-state index contributed by atoms with van der Waals surface area (Å²) in [7, 11) is 0. The van der Waals surface area contributed by atoms with E-state index in [-0.39, 0.29) is 0 Å². The molecule has 0 saturated heterocycles. The second kappa shape index (κ2) is 4.21. The van der Waals surface area contributed by atoms with Crippen molar-refractivity contribution in [1.82, 2.24) is 10.6 Å². The third-order valence-electron chi connectivity index (χ3n) is 1.99. The van der Waals surface area contributed by atoms with Gasteiger partial charge in [-0.2, -0.15) is 0 Å². The van der Waals surface area contributed by atoms with E-state index < -0.39 is 0 Å². The summed E-state index contributed by atoms with van der Waals surface area (Å²) in [6.07, 6.45) is 1.22. The smallest absolute Gasteiger partial charge is 0.191 e. The Kier molecular flexibility index (Phi) is 3.20. The number of nitrogens with zero attached hydrogens (tertiary/aromatic N) is 1. The van der Waals surface area contributed by atoms with Crippen LogP contribution in [0.4, 0.5) is 0 Å². The van der Waals surface area contributed by atoms with Gasteiger partial charge < -0.3 is 10.6 Å². The summed E-state index contributed by atoms with van der Waals surface area (Å²) in [5.74, 6) is 1.71. The Morgan fingerprint density at radius 1 is 1.73 bits per heavy atom. The third kappa shape index (κ3) is 2.78. The first-order valence-electron chi connectivity index (χ1n) is 4.35. The number of guanidine groups is 1. The molecule has 0 amide bonds. The lowest BCUT2D eigenvalue weighted by molar-refractivity contribution is 0.546. The van der Waals surface area contributed by atoms with Crippen LogP contribution in [0, 0.1) is 5.92 Å². The summed E-state index contributed by atoms with van der Waals surface area (Å²) in [5, 5.41) is 6.45. The lowest BCUT2D eigenvalue weighted by atomic mass is 10.1. The molecular weight excluding hydrogens is 138 g/mol. The molecule has 0 spiro atoms. The molecular formula is C8H17N3. The van der Waals surface area contributed by atoms with Crippen molar-refractivity contribution >= 4 is 5.96 Å². The zero-order valence-corrected chi connectivity index (χ0v) is 7.35. The fourth-order valence-corrected chi connectivity index (χ4v) is 0.932. The molecule has 1 rings (SSSR count). The topological polar surface area (TPSA) is 36.4 Å². The fraction of sp³-hybridized carbons (Fsp3) is 0.875. The number of hydrogen-bond donors (Lipinski definition) is 2. The minimum Gasteiger partial charge on any atom is -0.356 e. The van der Waals surface area contributed by atoms with Crippen molar-refractivity contribution in [3.8, 4) is 0 Å². The van der Waals surface area contributed by atoms with E-state index in [1.807, 2.05) is 0 Å². The van der Waals surface area contributed by atoms with E-state index in [4.69, 9.17) is 0 Å². The maximum Gasteiger partial charge on any atom is 0.191 e. The molecule has 0 radical (unpaired) electrons. The Labute approximate surface area is 68.3 Å². The standard InChI is InChI=1S/C8H17N3/c1-3-7(2)6-11-8-9-4-5-10-8/h7H,3-6H2,1-2H3,(H2,9,10,11). The number of aliphatic imine (C=N–C) groups is 1. The van der Waals surface area contributed by atoms with Crippen LogP contribution in [0.1, 0.15) is 20.3 Å². The Balaban J connectivity index is 2.11. The van der Waals surface area contributed by atoms with Crippen molar-refractivity contribution in [2.24, 2.45) is 10.9 Å². The quantitative estimate of drug-likeness (QED) is 0.625. The average molecular weight is 155 g/mol. The van der Waals surface area contributed by atoms with Crippen LogP contribution in [-0.4, -0.2) is 25.6 Å². The van der Waals surface area contributed by atoms with Gasteiger partial charge in [0.1, 0.15) is 0 Å². The van der Waals surface area contributed by atoms with Crippen molar-refractivity contribution in [2.75, 3.05) is 19.6 Å². The lowest BCUT2D eigenvalue weighted by Crippen LogP contribution is -2.36. The highest BCUT2D eigenvalue weighted by atomic mass is 15.2. The number of nitrogens with one attached hydrogen (secondary N) is 2. The molecule has 11 heavy (non-hydrogen) atoms. The summed E-state index contributed by atoms with van der Waals surface area (Å²) in [4.78, 5) is 4.24. The molecule has 0 aromatic carbocycles. The summed E-state index contributed by atoms with van der Waals surface area (Å²) in [6, 6.07) is 0. The van der Waals surface area contributed by atoms with E-state index in [0.29, 0.717) is 0 Å². The van der Waals surface area contributed by atoms with Crippen LogP contribution in [0.2, 0.25) is 0 Å². The third-order valence-corrected chi connectivity index (χ3v) is 1.99. The molecule has 0 saturated carbocycles. The molecule has 0 aliphatic carbocycles. The number of hydrogen-bond acceptors (Lipinski definition) is 3. The van der Waals surface area contributed by atoms with Gasteiger partial charge in [0.2, 0.25) is 0 Å². The molecule has 3 heteroatoms. The molecule has 64 valence electrons. The first kappa shape index (κ1) is 8.37. The van der Waals surface area contributed by atoms with Gasteiger partial charge >= 0.3 is 0 Å². The van der Waals surface area contributed by atoms with Gasteiger partial charge in [-0.3, -0.25) is 4.99 Å². The summed E-state index contributed by atoms with van der Waals surface area (Å²) in [5.41, 5.74) is 0. The van der Waals surface area contributed by atoms with Crippen LogP contribution in [0.15, 0.2) is 4.99 Å². The van der Waals surface area contributed by atoms with E-state index in [0.717, 1.165) is 31.5 Å². The van der Waals surface area contributed by atoms with Crippen LogP contribution in [0.5, 0.6) is 0 Å². The van der Waals surface area contributed by atoms with Crippen molar-refractivity contribution in [2.45, 2.75) is 20.3 Å². The normalized spacial score (nSPS) is 18.9. The van der Waals surface area contributed by atoms with E-state index >= 15 is 0 Å². The van der Waals surface area contributed by atoms with Crippen molar-refractivity contribution in [3.63, 3.8) is 0 Å². The van der Waals surface area contributed by atoms with E-state index in [9.17, 15) is 0 Å². The zero-order valence-electron chi connectivity index (χ0n) is 7.35. The lowest BCUT2D eigenvalue weighted by Gasteiger charge is -2.10. The van der Waals surface area contributed by atoms with Gasteiger partial charge in [0.05, 0.1) is 6.54 Å². The summed E-state index contributed by atoms with van der Waals surface area (Å²) in [6.45, 7) is 7.38. The zero-order chi connectivity index (χ0) is 8.10. The van der Waals surface area contributed by atoms with Gasteiger partial charge in [-0.05, 0) is 5.92 Å². The molecule has 1 aliphatic rings. The van der Waals surface area contributed by atoms with Crippen LogP contribution < -0.4 is 10.6 Å². The highest BCUT2D eigenvalue weighted by molar-refractivity contribution is 5.81.